The van der Waals surface area contributed by atoms with Crippen molar-refractivity contribution in [2.45, 2.75) is 20.3 Å². The summed E-state index contributed by atoms with van der Waals surface area (Å²) in [6.45, 7) is 4.12. The highest BCUT2D eigenvalue weighted by Gasteiger charge is 2.13. The molecule has 1 amide bonds. The maximum Gasteiger partial charge on any atom is 0.322 e. The number of benzene rings is 1. The summed E-state index contributed by atoms with van der Waals surface area (Å²) < 4.78 is 10.4. The van der Waals surface area contributed by atoms with Gasteiger partial charge in [-0.2, -0.15) is 0 Å². The predicted octanol–water partition coefficient (Wildman–Crippen LogP) is 3.12. The summed E-state index contributed by atoms with van der Waals surface area (Å²) in [6, 6.07) is 9.41. The van der Waals surface area contributed by atoms with E-state index in [1.165, 1.54) is 17.4 Å². The van der Waals surface area contributed by atoms with Crippen LogP contribution in [0.25, 0.3) is 0 Å². The van der Waals surface area contributed by atoms with E-state index in [1.54, 1.807) is 12.1 Å². The van der Waals surface area contributed by atoms with Crippen molar-refractivity contribution in [3.8, 4) is 0 Å². The van der Waals surface area contributed by atoms with Crippen LogP contribution >= 0.6 is 0 Å². The van der Waals surface area contributed by atoms with Crippen LogP contribution in [0.3, 0.4) is 0 Å². The van der Waals surface area contributed by atoms with Crippen molar-refractivity contribution >= 4 is 11.9 Å². The molecule has 2 heterocycles. The Morgan fingerprint density at radius 2 is 2.05 bits per heavy atom. The van der Waals surface area contributed by atoms with Crippen molar-refractivity contribution in [1.29, 1.82) is 0 Å². The number of hydrogen-bond donors (Lipinski definition) is 1. The number of nitrogens with zero attached hydrogens (tertiary/aromatic N) is 2. The lowest BCUT2D eigenvalue weighted by Gasteiger charge is -2.02. The van der Waals surface area contributed by atoms with E-state index in [0.29, 0.717) is 12.3 Å². The van der Waals surface area contributed by atoms with Crippen molar-refractivity contribution in [1.82, 2.24) is 10.2 Å². The number of rotatable bonds is 4. The van der Waals surface area contributed by atoms with Crippen LogP contribution in [0.1, 0.15) is 33.1 Å². The average molecular weight is 297 g/mol. The van der Waals surface area contributed by atoms with Gasteiger partial charge in [-0.25, -0.2) is 0 Å². The highest BCUT2D eigenvalue weighted by molar-refractivity contribution is 6.00. The number of anilines is 1. The third-order valence-corrected chi connectivity index (χ3v) is 3.36. The fourth-order valence-corrected chi connectivity index (χ4v) is 2.03. The molecule has 112 valence electrons. The standard InChI is InChI=1S/C16H15N3O3/c1-10-5-6-12(8-11(10)2)9-14-18-19-16(22-14)17-15(20)13-4-3-7-21-13/h3-8H,9H2,1-2H3,(H,17,19,20). The minimum atomic E-state index is -0.425. The van der Waals surface area contributed by atoms with Gasteiger partial charge >= 0.3 is 6.01 Å². The molecule has 6 nitrogen and oxygen atoms in total. The normalized spacial score (nSPS) is 10.6. The molecule has 22 heavy (non-hydrogen) atoms. The lowest BCUT2D eigenvalue weighted by Crippen LogP contribution is -2.10. The molecule has 0 atom stereocenters. The Bertz CT molecular complexity index is 791. The van der Waals surface area contributed by atoms with Crippen molar-refractivity contribution < 1.29 is 13.6 Å². The van der Waals surface area contributed by atoms with Gasteiger partial charge in [0.05, 0.1) is 12.7 Å². The highest BCUT2D eigenvalue weighted by Crippen LogP contribution is 2.15. The molecule has 0 unspecified atom stereocenters. The summed E-state index contributed by atoms with van der Waals surface area (Å²) in [6.07, 6.45) is 1.94. The zero-order valence-electron chi connectivity index (χ0n) is 12.3. The summed E-state index contributed by atoms with van der Waals surface area (Å²) in [4.78, 5) is 11.8. The molecule has 0 bridgehead atoms. The second-order valence-electron chi connectivity index (χ2n) is 5.03. The molecule has 0 radical (unpaired) electrons. The summed E-state index contributed by atoms with van der Waals surface area (Å²) >= 11 is 0. The summed E-state index contributed by atoms with van der Waals surface area (Å²) in [5, 5.41) is 10.2. The largest absolute Gasteiger partial charge is 0.459 e. The van der Waals surface area contributed by atoms with Gasteiger partial charge in [-0.1, -0.05) is 23.3 Å². The van der Waals surface area contributed by atoms with Crippen molar-refractivity contribution in [2.24, 2.45) is 0 Å². The molecule has 0 saturated heterocycles. The van der Waals surface area contributed by atoms with Crippen LogP contribution < -0.4 is 5.32 Å². The predicted molar refractivity (Wildman–Crippen MR) is 79.7 cm³/mol. The van der Waals surface area contributed by atoms with Gasteiger partial charge in [-0.3, -0.25) is 10.1 Å². The molecule has 0 spiro atoms. The number of hydrogen-bond acceptors (Lipinski definition) is 5. The van der Waals surface area contributed by atoms with E-state index in [9.17, 15) is 4.79 Å². The monoisotopic (exact) mass is 297 g/mol. The van der Waals surface area contributed by atoms with E-state index in [1.807, 2.05) is 6.07 Å². The molecule has 0 saturated carbocycles. The molecule has 2 aromatic heterocycles. The Kier molecular flexibility index (Phi) is 3.74. The number of furan rings is 1. The fraction of sp³-hybridized carbons (Fsp3) is 0.188. The lowest BCUT2D eigenvalue weighted by molar-refractivity contribution is 0.0993. The van der Waals surface area contributed by atoms with Crippen molar-refractivity contribution in [3.05, 3.63) is 64.9 Å². The van der Waals surface area contributed by atoms with Crippen LogP contribution in [-0.2, 0) is 6.42 Å². The number of nitrogens with one attached hydrogen (secondary N) is 1. The molecular formula is C16H15N3O3. The summed E-state index contributed by atoms with van der Waals surface area (Å²) in [5.41, 5.74) is 3.53. The van der Waals surface area contributed by atoms with E-state index < -0.39 is 5.91 Å². The van der Waals surface area contributed by atoms with Crippen LogP contribution in [0.2, 0.25) is 0 Å². The minimum Gasteiger partial charge on any atom is -0.459 e. The molecule has 1 N–H and O–H groups in total. The summed E-state index contributed by atoms with van der Waals surface area (Å²) in [5.74, 6) is 0.207. The SMILES string of the molecule is Cc1ccc(Cc2nnc(NC(=O)c3ccco3)o2)cc1C. The Hall–Kier alpha value is -2.89. The molecule has 3 aromatic rings. The van der Waals surface area contributed by atoms with E-state index in [4.69, 9.17) is 8.83 Å². The number of aryl methyl sites for hydroxylation is 2. The van der Waals surface area contributed by atoms with Gasteiger partial charge in [0.25, 0.3) is 5.91 Å². The quantitative estimate of drug-likeness (QED) is 0.800. The zero-order valence-corrected chi connectivity index (χ0v) is 12.3. The van der Waals surface area contributed by atoms with Crippen LogP contribution in [0, 0.1) is 13.8 Å². The maximum absolute atomic E-state index is 11.8. The van der Waals surface area contributed by atoms with Gasteiger partial charge in [0, 0.05) is 0 Å². The number of amides is 1. The average Bonchev–Trinajstić information content (AvgIpc) is 3.15. The first kappa shape index (κ1) is 14.1. The lowest BCUT2D eigenvalue weighted by atomic mass is 10.0. The van der Waals surface area contributed by atoms with E-state index in [-0.39, 0.29) is 11.8 Å². The van der Waals surface area contributed by atoms with Crippen LogP contribution in [0.15, 0.2) is 45.4 Å². The molecule has 0 aliphatic carbocycles. The summed E-state index contributed by atoms with van der Waals surface area (Å²) in [7, 11) is 0. The fourth-order valence-electron chi connectivity index (χ4n) is 2.03. The van der Waals surface area contributed by atoms with Crippen LogP contribution in [-0.4, -0.2) is 16.1 Å². The van der Waals surface area contributed by atoms with Gasteiger partial charge in [0.2, 0.25) is 5.89 Å². The molecule has 0 aliphatic heterocycles. The first-order valence-electron chi connectivity index (χ1n) is 6.85. The topological polar surface area (TPSA) is 81.2 Å². The number of carbonyl (C=O) groups excluding carboxylic acids is 1. The Labute approximate surface area is 127 Å². The molecule has 3 rings (SSSR count). The van der Waals surface area contributed by atoms with Gasteiger partial charge in [-0.05, 0) is 42.7 Å². The molecule has 0 fully saturated rings. The first-order chi connectivity index (χ1) is 10.6. The number of carbonyl (C=O) groups is 1. The van der Waals surface area contributed by atoms with Crippen molar-refractivity contribution in [2.75, 3.05) is 5.32 Å². The Balaban J connectivity index is 1.68. The van der Waals surface area contributed by atoms with Gasteiger partial charge in [0.1, 0.15) is 0 Å². The second-order valence-corrected chi connectivity index (χ2v) is 5.03. The van der Waals surface area contributed by atoms with Crippen LogP contribution in [0.5, 0.6) is 0 Å². The smallest absolute Gasteiger partial charge is 0.322 e. The Morgan fingerprint density at radius 1 is 1.18 bits per heavy atom. The van der Waals surface area contributed by atoms with Gasteiger partial charge in [-0.15, -0.1) is 5.10 Å². The molecule has 0 aliphatic rings. The zero-order chi connectivity index (χ0) is 15.5. The third-order valence-electron chi connectivity index (χ3n) is 3.36. The van der Waals surface area contributed by atoms with Gasteiger partial charge in [0.15, 0.2) is 5.76 Å². The molecule has 6 heteroatoms. The van der Waals surface area contributed by atoms with E-state index in [0.717, 1.165) is 5.56 Å². The minimum absolute atomic E-state index is 0.0558. The second kappa shape index (κ2) is 5.85. The molecular weight excluding hydrogens is 282 g/mol. The highest BCUT2D eigenvalue weighted by atomic mass is 16.4. The van der Waals surface area contributed by atoms with Crippen molar-refractivity contribution in [3.63, 3.8) is 0 Å². The maximum atomic E-state index is 11.8. The van der Waals surface area contributed by atoms with E-state index >= 15 is 0 Å². The van der Waals surface area contributed by atoms with Gasteiger partial charge < -0.3 is 8.83 Å². The van der Waals surface area contributed by atoms with Crippen LogP contribution in [0.4, 0.5) is 6.01 Å². The van der Waals surface area contributed by atoms with E-state index in [2.05, 4.69) is 41.5 Å². The molecule has 1 aromatic carbocycles. The Morgan fingerprint density at radius 3 is 2.77 bits per heavy atom. The third kappa shape index (κ3) is 3.06. The first-order valence-corrected chi connectivity index (χ1v) is 6.85. The number of aromatic nitrogens is 2.